The molecule has 0 atom stereocenters. The van der Waals surface area contributed by atoms with E-state index in [1.165, 1.54) is 18.6 Å². The number of carboxylic acids is 1. The van der Waals surface area contributed by atoms with Crippen LogP contribution in [0.2, 0.25) is 0 Å². The van der Waals surface area contributed by atoms with Crippen molar-refractivity contribution in [2.75, 3.05) is 7.05 Å². The molecule has 0 radical (unpaired) electrons. The Hall–Kier alpha value is -2.82. The lowest BCUT2D eigenvalue weighted by Crippen LogP contribution is -2.25. The molecule has 2 rings (SSSR count). The van der Waals surface area contributed by atoms with Crippen molar-refractivity contribution in [2.45, 2.75) is 6.54 Å². The molecule has 1 amide bonds. The Labute approximate surface area is 122 Å². The molecule has 1 N–H and O–H groups in total. The lowest BCUT2D eigenvalue weighted by Gasteiger charge is -2.16. The van der Waals surface area contributed by atoms with Gasteiger partial charge in [0.15, 0.2) is 0 Å². The summed E-state index contributed by atoms with van der Waals surface area (Å²) in [6.07, 6.45) is 5.46. The third kappa shape index (κ3) is 4.07. The molecule has 0 aliphatic heterocycles. The number of hydrogen-bond acceptors (Lipinski definition) is 3. The van der Waals surface area contributed by atoms with E-state index in [2.05, 4.69) is 0 Å². The number of hydrogen-bond donors (Lipinski definition) is 1. The smallest absolute Gasteiger partial charge is 0.328 e. The van der Waals surface area contributed by atoms with E-state index in [0.717, 1.165) is 17.2 Å². The van der Waals surface area contributed by atoms with Crippen molar-refractivity contribution in [1.29, 1.82) is 0 Å². The monoisotopic (exact) mass is 285 g/mol. The first-order valence-corrected chi connectivity index (χ1v) is 6.34. The van der Waals surface area contributed by atoms with Crippen LogP contribution in [-0.4, -0.2) is 28.9 Å². The van der Waals surface area contributed by atoms with Gasteiger partial charge in [0.2, 0.25) is 0 Å². The molecule has 0 bridgehead atoms. The van der Waals surface area contributed by atoms with Crippen LogP contribution in [-0.2, 0) is 11.3 Å². The number of nitrogens with zero attached hydrogens (tertiary/aromatic N) is 1. The molecule has 5 nitrogen and oxygen atoms in total. The second-order valence-electron chi connectivity index (χ2n) is 4.59. The molecule has 2 aromatic rings. The molecule has 108 valence electrons. The van der Waals surface area contributed by atoms with E-state index >= 15 is 0 Å². The van der Waals surface area contributed by atoms with E-state index in [1.54, 1.807) is 24.1 Å². The lowest BCUT2D eigenvalue weighted by atomic mass is 10.1. The van der Waals surface area contributed by atoms with Crippen molar-refractivity contribution < 1.29 is 19.1 Å². The number of aliphatic carboxylic acids is 1. The zero-order valence-corrected chi connectivity index (χ0v) is 11.5. The molecule has 1 heterocycles. The molecule has 1 aromatic heterocycles. The third-order valence-corrected chi connectivity index (χ3v) is 2.90. The van der Waals surface area contributed by atoms with Gasteiger partial charge in [-0.3, -0.25) is 4.79 Å². The molecule has 0 aliphatic rings. The van der Waals surface area contributed by atoms with Crippen molar-refractivity contribution in [3.63, 3.8) is 0 Å². The van der Waals surface area contributed by atoms with Crippen LogP contribution in [0.1, 0.15) is 21.5 Å². The highest BCUT2D eigenvalue weighted by atomic mass is 16.4. The second kappa shape index (κ2) is 6.56. The average molecular weight is 285 g/mol. The highest BCUT2D eigenvalue weighted by Crippen LogP contribution is 2.12. The van der Waals surface area contributed by atoms with Crippen molar-refractivity contribution in [3.05, 3.63) is 65.6 Å². The first-order chi connectivity index (χ1) is 10.1. The summed E-state index contributed by atoms with van der Waals surface area (Å²) in [6, 6.07) is 8.98. The molecule has 21 heavy (non-hydrogen) atoms. The molecule has 0 aliphatic carbocycles. The topological polar surface area (TPSA) is 70.8 Å². The normalized spacial score (nSPS) is 10.7. The number of furan rings is 1. The third-order valence-electron chi connectivity index (χ3n) is 2.90. The maximum Gasteiger partial charge on any atom is 0.328 e. The fourth-order valence-corrected chi connectivity index (χ4v) is 1.91. The van der Waals surface area contributed by atoms with E-state index in [1.807, 2.05) is 18.2 Å². The van der Waals surface area contributed by atoms with Gasteiger partial charge in [0, 0.05) is 19.7 Å². The summed E-state index contributed by atoms with van der Waals surface area (Å²) in [4.78, 5) is 24.2. The number of benzene rings is 1. The Balaban J connectivity index is 2.07. The Morgan fingerprint density at radius 3 is 2.81 bits per heavy atom. The maximum absolute atomic E-state index is 12.1. The predicted octanol–water partition coefficient (Wildman–Crippen LogP) is 2.65. The van der Waals surface area contributed by atoms with Crippen molar-refractivity contribution in [3.8, 4) is 0 Å². The summed E-state index contributed by atoms with van der Waals surface area (Å²) in [5.41, 5.74) is 2.19. The van der Waals surface area contributed by atoms with E-state index < -0.39 is 5.97 Å². The van der Waals surface area contributed by atoms with Crippen LogP contribution in [0.3, 0.4) is 0 Å². The van der Waals surface area contributed by atoms with E-state index in [4.69, 9.17) is 9.52 Å². The van der Waals surface area contributed by atoms with Gasteiger partial charge in [0.1, 0.15) is 6.26 Å². The van der Waals surface area contributed by atoms with Crippen molar-refractivity contribution in [1.82, 2.24) is 4.90 Å². The highest BCUT2D eigenvalue weighted by Gasteiger charge is 2.12. The van der Waals surface area contributed by atoms with E-state index in [9.17, 15) is 9.59 Å². The van der Waals surface area contributed by atoms with Gasteiger partial charge in [-0.05, 0) is 29.3 Å². The first-order valence-electron chi connectivity index (χ1n) is 6.34. The average Bonchev–Trinajstić information content (AvgIpc) is 2.98. The summed E-state index contributed by atoms with van der Waals surface area (Å²) in [7, 11) is 1.70. The number of rotatable bonds is 5. The Morgan fingerprint density at radius 2 is 2.14 bits per heavy atom. The molecule has 0 spiro atoms. The van der Waals surface area contributed by atoms with E-state index in [0.29, 0.717) is 12.1 Å². The fourth-order valence-electron chi connectivity index (χ4n) is 1.91. The molecule has 0 fully saturated rings. The van der Waals surface area contributed by atoms with Gasteiger partial charge in [-0.2, -0.15) is 0 Å². The summed E-state index contributed by atoms with van der Waals surface area (Å²) < 4.78 is 4.90. The van der Waals surface area contributed by atoms with Crippen LogP contribution >= 0.6 is 0 Å². The van der Waals surface area contributed by atoms with Gasteiger partial charge in [0.25, 0.3) is 5.91 Å². The van der Waals surface area contributed by atoms with Gasteiger partial charge in [-0.1, -0.05) is 18.2 Å². The highest BCUT2D eigenvalue weighted by molar-refractivity contribution is 5.93. The molecule has 1 aromatic carbocycles. The number of amides is 1. The first kappa shape index (κ1) is 14.6. The molecular weight excluding hydrogens is 270 g/mol. The Bertz CT molecular complexity index is 659. The number of carboxylic acid groups (broad SMARTS) is 1. The van der Waals surface area contributed by atoms with Crippen LogP contribution < -0.4 is 0 Å². The quantitative estimate of drug-likeness (QED) is 0.857. The van der Waals surface area contributed by atoms with E-state index in [-0.39, 0.29) is 5.91 Å². The molecule has 0 saturated heterocycles. The van der Waals surface area contributed by atoms with Crippen LogP contribution in [0.4, 0.5) is 0 Å². The van der Waals surface area contributed by atoms with Crippen LogP contribution in [0, 0.1) is 0 Å². The van der Waals surface area contributed by atoms with Crippen molar-refractivity contribution in [2.24, 2.45) is 0 Å². The fraction of sp³-hybridized carbons (Fsp3) is 0.125. The predicted molar refractivity (Wildman–Crippen MR) is 77.6 cm³/mol. The van der Waals surface area contributed by atoms with Gasteiger partial charge < -0.3 is 14.4 Å². The zero-order valence-electron chi connectivity index (χ0n) is 11.5. The minimum Gasteiger partial charge on any atom is -0.478 e. The molecule has 0 unspecified atom stereocenters. The standard InChI is InChI=1S/C16H15NO4/c1-17(16(20)14-7-8-21-11-14)10-13-4-2-3-12(9-13)5-6-15(18)19/h2-9,11H,10H2,1H3,(H,18,19). The maximum atomic E-state index is 12.1. The van der Waals surface area contributed by atoms with Crippen LogP contribution in [0.15, 0.2) is 53.4 Å². The van der Waals surface area contributed by atoms with Gasteiger partial charge >= 0.3 is 5.97 Å². The lowest BCUT2D eigenvalue weighted by molar-refractivity contribution is -0.131. The van der Waals surface area contributed by atoms with Gasteiger partial charge in [-0.15, -0.1) is 0 Å². The second-order valence-corrected chi connectivity index (χ2v) is 4.59. The van der Waals surface area contributed by atoms with Gasteiger partial charge in [0.05, 0.1) is 11.8 Å². The van der Waals surface area contributed by atoms with Crippen LogP contribution in [0.25, 0.3) is 6.08 Å². The summed E-state index contributed by atoms with van der Waals surface area (Å²) in [5, 5.41) is 8.62. The molecule has 0 saturated carbocycles. The molecular formula is C16H15NO4. The number of carbonyl (C=O) groups excluding carboxylic acids is 1. The zero-order chi connectivity index (χ0) is 15.2. The Morgan fingerprint density at radius 1 is 1.33 bits per heavy atom. The van der Waals surface area contributed by atoms with Gasteiger partial charge in [-0.25, -0.2) is 4.79 Å². The summed E-state index contributed by atoms with van der Waals surface area (Å²) >= 11 is 0. The molecule has 5 heteroatoms. The largest absolute Gasteiger partial charge is 0.478 e. The minimum absolute atomic E-state index is 0.129. The van der Waals surface area contributed by atoms with Crippen LogP contribution in [0.5, 0.6) is 0 Å². The summed E-state index contributed by atoms with van der Waals surface area (Å²) in [5.74, 6) is -1.12. The SMILES string of the molecule is CN(Cc1cccc(C=CC(=O)O)c1)C(=O)c1ccoc1. The number of carbonyl (C=O) groups is 2. The summed E-state index contributed by atoms with van der Waals surface area (Å²) in [6.45, 7) is 0.429. The minimum atomic E-state index is -0.993. The van der Waals surface area contributed by atoms with Crippen molar-refractivity contribution >= 4 is 18.0 Å². The Kier molecular flexibility index (Phi) is 4.56.